The van der Waals surface area contributed by atoms with Gasteiger partial charge in [0.15, 0.2) is 0 Å². The molecule has 0 bridgehead atoms. The van der Waals surface area contributed by atoms with E-state index in [-0.39, 0.29) is 24.6 Å². The Balaban J connectivity index is 3.95. The average molecular weight is 260 g/mol. The van der Waals surface area contributed by atoms with E-state index in [1.807, 2.05) is 6.92 Å². The van der Waals surface area contributed by atoms with E-state index in [1.165, 1.54) is 0 Å². The summed E-state index contributed by atoms with van der Waals surface area (Å²) < 4.78 is 5.04. The zero-order valence-corrected chi connectivity index (χ0v) is 12.0. The van der Waals surface area contributed by atoms with Gasteiger partial charge in [0.2, 0.25) is 5.91 Å². The minimum Gasteiger partial charge on any atom is -0.396 e. The Labute approximate surface area is 110 Å². The van der Waals surface area contributed by atoms with E-state index in [1.54, 1.807) is 7.11 Å². The van der Waals surface area contributed by atoms with Crippen molar-refractivity contribution in [3.63, 3.8) is 0 Å². The van der Waals surface area contributed by atoms with Gasteiger partial charge in [0.1, 0.15) is 0 Å². The summed E-state index contributed by atoms with van der Waals surface area (Å²) >= 11 is 0. The van der Waals surface area contributed by atoms with Crippen molar-refractivity contribution in [2.24, 2.45) is 5.92 Å². The number of rotatable bonds is 10. The summed E-state index contributed by atoms with van der Waals surface area (Å²) in [7, 11) is 1.61. The molecule has 0 aromatic rings. The van der Waals surface area contributed by atoms with Crippen LogP contribution in [0.4, 0.5) is 0 Å². The molecule has 3 N–H and O–H groups in total. The molecule has 0 spiro atoms. The first kappa shape index (κ1) is 17.4. The van der Waals surface area contributed by atoms with Gasteiger partial charge in [-0.05, 0) is 25.7 Å². The average Bonchev–Trinajstić information content (AvgIpc) is 2.28. The Morgan fingerprint density at radius 3 is 2.44 bits per heavy atom. The van der Waals surface area contributed by atoms with Crippen LogP contribution in [0.5, 0.6) is 0 Å². The number of amides is 1. The summed E-state index contributed by atoms with van der Waals surface area (Å²) in [5, 5.41) is 15.0. The Bertz CT molecular complexity index is 216. The highest BCUT2D eigenvalue weighted by atomic mass is 16.5. The van der Waals surface area contributed by atoms with E-state index in [9.17, 15) is 4.79 Å². The molecule has 5 heteroatoms. The second kappa shape index (κ2) is 10.3. The Kier molecular flexibility index (Phi) is 9.92. The summed E-state index contributed by atoms with van der Waals surface area (Å²) in [6.07, 6.45) is 1.56. The second-order valence-electron chi connectivity index (χ2n) is 5.03. The summed E-state index contributed by atoms with van der Waals surface area (Å²) in [5.41, 5.74) is 0. The molecule has 0 aliphatic rings. The number of aliphatic hydroxyl groups excluding tert-OH is 1. The lowest BCUT2D eigenvalue weighted by Gasteiger charge is -2.21. The number of hydrogen-bond donors (Lipinski definition) is 3. The minimum absolute atomic E-state index is 0.00491. The van der Waals surface area contributed by atoms with Crippen molar-refractivity contribution in [1.82, 2.24) is 10.6 Å². The van der Waals surface area contributed by atoms with Crippen molar-refractivity contribution in [2.75, 3.05) is 26.9 Å². The molecule has 18 heavy (non-hydrogen) atoms. The standard InChI is InChI=1S/C13H28N2O3/c1-10(2)5-7-14-13(17)11(3)15-12(6-8-16)9-18-4/h10-12,15-16H,5-9H2,1-4H3,(H,14,17). The number of carbonyl (C=O) groups is 1. The van der Waals surface area contributed by atoms with Gasteiger partial charge >= 0.3 is 0 Å². The molecule has 0 rings (SSSR count). The van der Waals surface area contributed by atoms with Gasteiger partial charge in [-0.15, -0.1) is 0 Å². The molecule has 0 heterocycles. The number of aliphatic hydroxyl groups is 1. The fourth-order valence-corrected chi connectivity index (χ4v) is 1.64. The molecular formula is C13H28N2O3. The quantitative estimate of drug-likeness (QED) is 0.536. The van der Waals surface area contributed by atoms with Crippen molar-refractivity contribution >= 4 is 5.91 Å². The Morgan fingerprint density at radius 1 is 1.28 bits per heavy atom. The van der Waals surface area contributed by atoms with Crippen LogP contribution in [-0.4, -0.2) is 50.0 Å². The molecule has 5 nitrogen and oxygen atoms in total. The summed E-state index contributed by atoms with van der Waals surface area (Å²) in [5.74, 6) is 0.582. The molecule has 0 saturated heterocycles. The lowest BCUT2D eigenvalue weighted by molar-refractivity contribution is -0.123. The number of carbonyl (C=O) groups excluding carboxylic acids is 1. The van der Waals surface area contributed by atoms with Crippen LogP contribution >= 0.6 is 0 Å². The molecule has 0 fully saturated rings. The Hall–Kier alpha value is -0.650. The fourth-order valence-electron chi connectivity index (χ4n) is 1.64. The van der Waals surface area contributed by atoms with Gasteiger partial charge in [0.05, 0.1) is 12.6 Å². The van der Waals surface area contributed by atoms with Crippen molar-refractivity contribution in [1.29, 1.82) is 0 Å². The zero-order chi connectivity index (χ0) is 14.0. The van der Waals surface area contributed by atoms with E-state index < -0.39 is 0 Å². The molecule has 0 aromatic carbocycles. The van der Waals surface area contributed by atoms with Gasteiger partial charge in [-0.25, -0.2) is 0 Å². The number of hydrogen-bond acceptors (Lipinski definition) is 4. The maximum Gasteiger partial charge on any atom is 0.236 e. The third-order valence-corrected chi connectivity index (χ3v) is 2.75. The molecule has 108 valence electrons. The van der Waals surface area contributed by atoms with Crippen LogP contribution < -0.4 is 10.6 Å². The fraction of sp³-hybridized carbons (Fsp3) is 0.923. The predicted octanol–water partition coefficient (Wildman–Crippen LogP) is 0.524. The Morgan fingerprint density at radius 2 is 1.94 bits per heavy atom. The molecule has 1 amide bonds. The molecule has 0 saturated carbocycles. The zero-order valence-electron chi connectivity index (χ0n) is 12.0. The highest BCUT2D eigenvalue weighted by Gasteiger charge is 2.17. The van der Waals surface area contributed by atoms with Crippen LogP contribution in [0.2, 0.25) is 0 Å². The second-order valence-corrected chi connectivity index (χ2v) is 5.03. The molecule has 0 radical (unpaired) electrons. The topological polar surface area (TPSA) is 70.6 Å². The van der Waals surface area contributed by atoms with Gasteiger partial charge in [0.25, 0.3) is 0 Å². The van der Waals surface area contributed by atoms with Gasteiger partial charge in [0, 0.05) is 26.3 Å². The lowest BCUT2D eigenvalue weighted by Crippen LogP contribution is -2.48. The number of methoxy groups -OCH3 is 1. The highest BCUT2D eigenvalue weighted by molar-refractivity contribution is 5.81. The van der Waals surface area contributed by atoms with Gasteiger partial charge in [-0.2, -0.15) is 0 Å². The maximum atomic E-state index is 11.8. The van der Waals surface area contributed by atoms with E-state index >= 15 is 0 Å². The van der Waals surface area contributed by atoms with Crippen LogP contribution in [0, 0.1) is 5.92 Å². The number of ether oxygens (including phenoxy) is 1. The van der Waals surface area contributed by atoms with Crippen molar-refractivity contribution in [2.45, 2.75) is 45.7 Å². The predicted molar refractivity (Wildman–Crippen MR) is 72.4 cm³/mol. The first-order valence-electron chi connectivity index (χ1n) is 6.64. The molecule has 0 aromatic heterocycles. The monoisotopic (exact) mass is 260 g/mol. The number of nitrogens with one attached hydrogen (secondary N) is 2. The van der Waals surface area contributed by atoms with E-state index in [2.05, 4.69) is 24.5 Å². The largest absolute Gasteiger partial charge is 0.396 e. The van der Waals surface area contributed by atoms with Crippen LogP contribution in [0.3, 0.4) is 0 Å². The van der Waals surface area contributed by atoms with Crippen LogP contribution in [-0.2, 0) is 9.53 Å². The van der Waals surface area contributed by atoms with Crippen molar-refractivity contribution in [3.05, 3.63) is 0 Å². The third-order valence-electron chi connectivity index (χ3n) is 2.75. The van der Waals surface area contributed by atoms with Crippen LogP contribution in [0.15, 0.2) is 0 Å². The summed E-state index contributed by atoms with van der Waals surface area (Å²) in [6, 6.07) is -0.269. The summed E-state index contributed by atoms with van der Waals surface area (Å²) in [6.45, 7) is 7.36. The normalized spacial score (nSPS) is 14.6. The van der Waals surface area contributed by atoms with Crippen LogP contribution in [0.25, 0.3) is 0 Å². The van der Waals surface area contributed by atoms with E-state index in [0.29, 0.717) is 25.5 Å². The van der Waals surface area contributed by atoms with Gasteiger partial charge in [-0.3, -0.25) is 4.79 Å². The van der Waals surface area contributed by atoms with Gasteiger partial charge < -0.3 is 20.5 Å². The first-order chi connectivity index (χ1) is 8.51. The van der Waals surface area contributed by atoms with E-state index in [0.717, 1.165) is 6.42 Å². The minimum atomic E-state index is -0.274. The third kappa shape index (κ3) is 8.44. The molecule has 2 atom stereocenters. The molecular weight excluding hydrogens is 232 g/mol. The summed E-state index contributed by atoms with van der Waals surface area (Å²) in [4.78, 5) is 11.8. The molecule has 2 unspecified atom stereocenters. The van der Waals surface area contributed by atoms with Crippen molar-refractivity contribution < 1.29 is 14.6 Å². The van der Waals surface area contributed by atoms with Gasteiger partial charge in [-0.1, -0.05) is 13.8 Å². The maximum absolute atomic E-state index is 11.8. The lowest BCUT2D eigenvalue weighted by atomic mass is 10.1. The molecule has 0 aliphatic heterocycles. The highest BCUT2D eigenvalue weighted by Crippen LogP contribution is 1.98. The smallest absolute Gasteiger partial charge is 0.236 e. The van der Waals surface area contributed by atoms with Crippen LogP contribution in [0.1, 0.15) is 33.6 Å². The molecule has 0 aliphatic carbocycles. The van der Waals surface area contributed by atoms with Crippen molar-refractivity contribution in [3.8, 4) is 0 Å². The first-order valence-corrected chi connectivity index (χ1v) is 6.64. The van der Waals surface area contributed by atoms with E-state index in [4.69, 9.17) is 9.84 Å². The SMILES string of the molecule is COCC(CCO)NC(C)C(=O)NCCC(C)C.